The van der Waals surface area contributed by atoms with Crippen LogP contribution in [0.5, 0.6) is 11.5 Å². The summed E-state index contributed by atoms with van der Waals surface area (Å²) >= 11 is 0. The Morgan fingerprint density at radius 1 is 1.12 bits per heavy atom. The maximum atomic E-state index is 12.2. The SMILES string of the molecule is C=CC(=O)N1CCCC1Cn1nc(-c2ccc(Oc3ccccc3)cc2)c2cncnc21. The summed E-state index contributed by atoms with van der Waals surface area (Å²) in [6, 6.07) is 17.6. The van der Waals surface area contributed by atoms with Gasteiger partial charge < -0.3 is 9.64 Å². The highest BCUT2D eigenvalue weighted by atomic mass is 16.5. The molecule has 5 rings (SSSR count). The zero-order chi connectivity index (χ0) is 21.9. The van der Waals surface area contributed by atoms with E-state index in [-0.39, 0.29) is 11.9 Å². The molecule has 1 amide bonds. The van der Waals surface area contributed by atoms with E-state index in [1.165, 1.54) is 12.4 Å². The minimum Gasteiger partial charge on any atom is -0.457 e. The molecule has 0 saturated carbocycles. The van der Waals surface area contributed by atoms with Crippen molar-refractivity contribution in [1.82, 2.24) is 24.6 Å². The zero-order valence-corrected chi connectivity index (χ0v) is 17.6. The second-order valence-electron chi connectivity index (χ2n) is 7.76. The van der Waals surface area contributed by atoms with E-state index < -0.39 is 0 Å². The summed E-state index contributed by atoms with van der Waals surface area (Å²) in [5.74, 6) is 1.51. The number of carbonyl (C=O) groups is 1. The van der Waals surface area contributed by atoms with Gasteiger partial charge in [0.1, 0.15) is 23.5 Å². The molecule has 7 heteroatoms. The summed E-state index contributed by atoms with van der Waals surface area (Å²) in [6.07, 6.45) is 6.62. The van der Waals surface area contributed by atoms with Gasteiger partial charge in [-0.25, -0.2) is 14.6 Å². The van der Waals surface area contributed by atoms with Gasteiger partial charge in [-0.3, -0.25) is 4.79 Å². The number of benzene rings is 2. The topological polar surface area (TPSA) is 73.1 Å². The van der Waals surface area contributed by atoms with Crippen LogP contribution in [0, 0.1) is 0 Å². The first-order chi connectivity index (χ1) is 15.7. The Kier molecular flexibility index (Phi) is 5.37. The molecule has 0 N–H and O–H groups in total. The van der Waals surface area contributed by atoms with Gasteiger partial charge in [0, 0.05) is 18.3 Å². The van der Waals surface area contributed by atoms with Crippen molar-refractivity contribution < 1.29 is 9.53 Å². The molecule has 160 valence electrons. The highest BCUT2D eigenvalue weighted by molar-refractivity contribution is 5.90. The molecule has 1 atom stereocenters. The number of likely N-dealkylation sites (tertiary alicyclic amines) is 1. The molecule has 7 nitrogen and oxygen atoms in total. The number of rotatable bonds is 6. The van der Waals surface area contributed by atoms with E-state index in [9.17, 15) is 4.79 Å². The van der Waals surface area contributed by atoms with Gasteiger partial charge in [-0.05, 0) is 55.3 Å². The Morgan fingerprint density at radius 2 is 1.91 bits per heavy atom. The first-order valence-electron chi connectivity index (χ1n) is 10.7. The molecule has 2 aromatic heterocycles. The molecule has 0 bridgehead atoms. The molecule has 1 unspecified atom stereocenters. The van der Waals surface area contributed by atoms with E-state index in [0.717, 1.165) is 53.2 Å². The largest absolute Gasteiger partial charge is 0.457 e. The van der Waals surface area contributed by atoms with Crippen molar-refractivity contribution in [2.24, 2.45) is 0 Å². The molecule has 0 aliphatic carbocycles. The number of nitrogens with zero attached hydrogens (tertiary/aromatic N) is 5. The van der Waals surface area contributed by atoms with Gasteiger partial charge in [0.05, 0.1) is 18.0 Å². The Bertz CT molecular complexity index is 1250. The van der Waals surface area contributed by atoms with Crippen molar-refractivity contribution in [3.8, 4) is 22.8 Å². The second-order valence-corrected chi connectivity index (χ2v) is 7.76. The molecule has 0 radical (unpaired) electrons. The summed E-state index contributed by atoms with van der Waals surface area (Å²) in [7, 11) is 0. The van der Waals surface area contributed by atoms with Gasteiger partial charge in [-0.1, -0.05) is 24.8 Å². The predicted octanol–water partition coefficient (Wildman–Crippen LogP) is 4.46. The van der Waals surface area contributed by atoms with Crippen LogP contribution in [0.25, 0.3) is 22.3 Å². The average molecular weight is 425 g/mol. The first kappa shape index (κ1) is 19.9. The Hall–Kier alpha value is -4.00. The lowest BCUT2D eigenvalue weighted by Gasteiger charge is -2.23. The highest BCUT2D eigenvalue weighted by Crippen LogP contribution is 2.30. The van der Waals surface area contributed by atoms with Crippen LogP contribution in [0.4, 0.5) is 0 Å². The fourth-order valence-corrected chi connectivity index (χ4v) is 4.20. The number of ether oxygens (including phenoxy) is 1. The number of hydrogen-bond donors (Lipinski definition) is 0. The lowest BCUT2D eigenvalue weighted by atomic mass is 10.1. The van der Waals surface area contributed by atoms with E-state index in [0.29, 0.717) is 6.54 Å². The Balaban J connectivity index is 1.44. The van der Waals surface area contributed by atoms with E-state index >= 15 is 0 Å². The minimum atomic E-state index is -0.0344. The van der Waals surface area contributed by atoms with Crippen LogP contribution in [0.15, 0.2) is 79.8 Å². The van der Waals surface area contributed by atoms with Crippen LogP contribution in [0.1, 0.15) is 12.8 Å². The Labute approximate surface area is 186 Å². The highest BCUT2D eigenvalue weighted by Gasteiger charge is 2.28. The maximum Gasteiger partial charge on any atom is 0.246 e. The third kappa shape index (κ3) is 3.85. The van der Waals surface area contributed by atoms with Crippen molar-refractivity contribution in [3.05, 3.63) is 79.8 Å². The van der Waals surface area contributed by atoms with Crippen LogP contribution < -0.4 is 4.74 Å². The summed E-state index contributed by atoms with van der Waals surface area (Å²) < 4.78 is 7.79. The number of carbonyl (C=O) groups excluding carboxylic acids is 1. The molecular formula is C25H23N5O2. The van der Waals surface area contributed by atoms with Crippen molar-refractivity contribution in [2.45, 2.75) is 25.4 Å². The number of para-hydroxylation sites is 1. The molecule has 1 aliphatic rings. The van der Waals surface area contributed by atoms with Gasteiger partial charge >= 0.3 is 0 Å². The molecule has 3 heterocycles. The second kappa shape index (κ2) is 8.63. The molecule has 0 spiro atoms. The van der Waals surface area contributed by atoms with Crippen LogP contribution in [0.2, 0.25) is 0 Å². The first-order valence-corrected chi connectivity index (χ1v) is 10.7. The van der Waals surface area contributed by atoms with E-state index in [1.807, 2.05) is 64.2 Å². The van der Waals surface area contributed by atoms with E-state index in [4.69, 9.17) is 9.84 Å². The summed E-state index contributed by atoms with van der Waals surface area (Å²) in [4.78, 5) is 22.8. The van der Waals surface area contributed by atoms with Crippen molar-refractivity contribution in [3.63, 3.8) is 0 Å². The van der Waals surface area contributed by atoms with Gasteiger partial charge in [-0.2, -0.15) is 5.10 Å². The number of amides is 1. The standard InChI is InChI=1S/C25H23N5O2/c1-2-23(31)29-14-6-7-19(29)16-30-25-22(15-26-17-27-25)24(28-30)18-10-12-21(13-11-18)32-20-8-4-3-5-9-20/h2-5,8-13,15,17,19H,1,6-7,14,16H2. The normalized spacial score (nSPS) is 15.8. The predicted molar refractivity (Wildman–Crippen MR) is 122 cm³/mol. The van der Waals surface area contributed by atoms with Crippen LogP contribution in [0.3, 0.4) is 0 Å². The fourth-order valence-electron chi connectivity index (χ4n) is 4.20. The summed E-state index contributed by atoms with van der Waals surface area (Å²) in [5.41, 5.74) is 2.53. The van der Waals surface area contributed by atoms with Crippen molar-refractivity contribution >= 4 is 16.9 Å². The summed E-state index contributed by atoms with van der Waals surface area (Å²) in [6.45, 7) is 4.96. The van der Waals surface area contributed by atoms with Crippen molar-refractivity contribution in [1.29, 1.82) is 0 Å². The quantitative estimate of drug-likeness (QED) is 0.427. The third-order valence-electron chi connectivity index (χ3n) is 5.74. The molecular weight excluding hydrogens is 402 g/mol. The van der Waals surface area contributed by atoms with E-state index in [2.05, 4.69) is 16.5 Å². The van der Waals surface area contributed by atoms with Gasteiger partial charge in [0.2, 0.25) is 5.91 Å². The molecule has 1 aliphatic heterocycles. The maximum absolute atomic E-state index is 12.2. The van der Waals surface area contributed by atoms with Gasteiger partial charge in [0.15, 0.2) is 5.65 Å². The minimum absolute atomic E-state index is 0.0344. The number of aromatic nitrogens is 4. The van der Waals surface area contributed by atoms with Crippen LogP contribution in [-0.2, 0) is 11.3 Å². The average Bonchev–Trinajstić information content (AvgIpc) is 3.45. The lowest BCUT2D eigenvalue weighted by Crippen LogP contribution is -2.37. The number of hydrogen-bond acceptors (Lipinski definition) is 5. The lowest BCUT2D eigenvalue weighted by molar-refractivity contribution is -0.127. The third-order valence-corrected chi connectivity index (χ3v) is 5.74. The van der Waals surface area contributed by atoms with Crippen LogP contribution >= 0.6 is 0 Å². The fraction of sp³-hybridized carbons (Fsp3) is 0.200. The molecule has 4 aromatic rings. The summed E-state index contributed by atoms with van der Waals surface area (Å²) in [5, 5.41) is 5.74. The zero-order valence-electron chi connectivity index (χ0n) is 17.6. The van der Waals surface area contributed by atoms with Gasteiger partial charge in [0.25, 0.3) is 0 Å². The monoisotopic (exact) mass is 425 g/mol. The Morgan fingerprint density at radius 3 is 2.69 bits per heavy atom. The molecule has 1 saturated heterocycles. The van der Waals surface area contributed by atoms with Crippen molar-refractivity contribution in [2.75, 3.05) is 6.54 Å². The van der Waals surface area contributed by atoms with Crippen LogP contribution in [-0.4, -0.2) is 43.1 Å². The molecule has 32 heavy (non-hydrogen) atoms. The molecule has 2 aromatic carbocycles. The smallest absolute Gasteiger partial charge is 0.246 e. The molecule has 1 fully saturated rings. The van der Waals surface area contributed by atoms with Gasteiger partial charge in [-0.15, -0.1) is 0 Å². The van der Waals surface area contributed by atoms with E-state index in [1.54, 1.807) is 6.20 Å². The number of fused-ring (bicyclic) bond motifs is 1.